The summed E-state index contributed by atoms with van der Waals surface area (Å²) in [5, 5.41) is 6.65. The topological polar surface area (TPSA) is 41.1 Å². The molecule has 2 rings (SSSR count). The molecule has 1 amide bonds. The molecule has 1 saturated heterocycles. The van der Waals surface area contributed by atoms with Gasteiger partial charge in [0.15, 0.2) is 0 Å². The summed E-state index contributed by atoms with van der Waals surface area (Å²) in [6.45, 7) is 10.9. The fourth-order valence-corrected chi connectivity index (χ4v) is 3.57. The van der Waals surface area contributed by atoms with Crippen LogP contribution in [0.1, 0.15) is 66.2 Å². The van der Waals surface area contributed by atoms with Crippen molar-refractivity contribution in [1.29, 1.82) is 0 Å². The highest BCUT2D eigenvalue weighted by Crippen LogP contribution is 2.32. The van der Waals surface area contributed by atoms with Gasteiger partial charge >= 0.3 is 0 Å². The highest BCUT2D eigenvalue weighted by atomic mass is 16.2. The second-order valence-electron chi connectivity index (χ2n) is 8.37. The lowest BCUT2D eigenvalue weighted by Crippen LogP contribution is -2.53. The van der Waals surface area contributed by atoms with Crippen LogP contribution in [0.5, 0.6) is 0 Å². The molecule has 1 aliphatic heterocycles. The SMILES string of the molecule is CC(C(=O)NC(CC1CCCCC1)C(C)(C)C)C1CNC1. The molecular weight excluding hydrogens is 260 g/mol. The van der Waals surface area contributed by atoms with Crippen LogP contribution in [0.2, 0.25) is 0 Å². The summed E-state index contributed by atoms with van der Waals surface area (Å²) < 4.78 is 0. The van der Waals surface area contributed by atoms with Gasteiger partial charge in [0, 0.05) is 12.0 Å². The first-order valence-electron chi connectivity index (χ1n) is 8.89. The van der Waals surface area contributed by atoms with E-state index in [0.717, 1.165) is 25.4 Å². The van der Waals surface area contributed by atoms with Crippen molar-refractivity contribution in [3.63, 3.8) is 0 Å². The van der Waals surface area contributed by atoms with Crippen LogP contribution in [0.15, 0.2) is 0 Å². The molecule has 0 aromatic heterocycles. The Labute approximate surface area is 130 Å². The van der Waals surface area contributed by atoms with Gasteiger partial charge in [0.2, 0.25) is 5.91 Å². The normalized spacial score (nSPS) is 24.2. The molecule has 1 saturated carbocycles. The van der Waals surface area contributed by atoms with Gasteiger partial charge in [-0.25, -0.2) is 0 Å². The summed E-state index contributed by atoms with van der Waals surface area (Å²) in [6.07, 6.45) is 8.01. The molecule has 2 fully saturated rings. The van der Waals surface area contributed by atoms with E-state index in [2.05, 4.69) is 38.3 Å². The molecule has 0 aromatic rings. The fourth-order valence-electron chi connectivity index (χ4n) is 3.57. The summed E-state index contributed by atoms with van der Waals surface area (Å²) in [4.78, 5) is 12.5. The summed E-state index contributed by atoms with van der Waals surface area (Å²) in [5.74, 6) is 1.74. The van der Waals surface area contributed by atoms with Gasteiger partial charge in [-0.05, 0) is 36.8 Å². The van der Waals surface area contributed by atoms with E-state index in [4.69, 9.17) is 0 Å². The third-order valence-corrected chi connectivity index (χ3v) is 5.59. The predicted molar refractivity (Wildman–Crippen MR) is 88.1 cm³/mol. The molecular formula is C18H34N2O. The van der Waals surface area contributed by atoms with E-state index in [9.17, 15) is 4.79 Å². The number of hydrogen-bond acceptors (Lipinski definition) is 2. The van der Waals surface area contributed by atoms with E-state index in [1.165, 1.54) is 32.1 Å². The highest BCUT2D eigenvalue weighted by molar-refractivity contribution is 5.79. The Balaban J connectivity index is 1.90. The Morgan fingerprint density at radius 2 is 1.81 bits per heavy atom. The molecule has 2 unspecified atom stereocenters. The van der Waals surface area contributed by atoms with E-state index >= 15 is 0 Å². The van der Waals surface area contributed by atoms with Crippen LogP contribution in [0.25, 0.3) is 0 Å². The molecule has 0 aromatic carbocycles. The van der Waals surface area contributed by atoms with Crippen LogP contribution in [0.3, 0.4) is 0 Å². The molecule has 122 valence electrons. The number of carbonyl (C=O) groups excluding carboxylic acids is 1. The Bertz CT molecular complexity index is 338. The summed E-state index contributed by atoms with van der Waals surface area (Å²) in [6, 6.07) is 0.309. The van der Waals surface area contributed by atoms with Gasteiger partial charge < -0.3 is 10.6 Å². The minimum absolute atomic E-state index is 0.141. The molecule has 3 heteroatoms. The largest absolute Gasteiger partial charge is 0.353 e. The Morgan fingerprint density at radius 1 is 1.19 bits per heavy atom. The molecule has 0 radical (unpaired) electrons. The summed E-state index contributed by atoms with van der Waals surface area (Å²) in [5.41, 5.74) is 0.144. The standard InChI is InChI=1S/C18H34N2O/c1-13(15-11-19-12-15)17(21)20-16(18(2,3)4)10-14-8-6-5-7-9-14/h13-16,19H,5-12H2,1-4H3,(H,20,21). The lowest BCUT2D eigenvalue weighted by Gasteiger charge is -2.38. The maximum Gasteiger partial charge on any atom is 0.223 e. The van der Waals surface area contributed by atoms with Crippen molar-refractivity contribution < 1.29 is 4.79 Å². The molecule has 2 N–H and O–H groups in total. The molecule has 1 heterocycles. The lowest BCUT2D eigenvalue weighted by atomic mass is 9.76. The quantitative estimate of drug-likeness (QED) is 0.816. The van der Waals surface area contributed by atoms with Crippen molar-refractivity contribution >= 4 is 5.91 Å². The van der Waals surface area contributed by atoms with Gasteiger partial charge in [-0.15, -0.1) is 0 Å². The average Bonchev–Trinajstić information content (AvgIpc) is 2.36. The van der Waals surface area contributed by atoms with Crippen LogP contribution in [0, 0.1) is 23.2 Å². The second-order valence-corrected chi connectivity index (χ2v) is 8.37. The van der Waals surface area contributed by atoms with Gasteiger partial charge in [-0.2, -0.15) is 0 Å². The highest BCUT2D eigenvalue weighted by Gasteiger charge is 2.34. The molecule has 2 atom stereocenters. The van der Waals surface area contributed by atoms with Crippen molar-refractivity contribution in [1.82, 2.24) is 10.6 Å². The number of carbonyl (C=O) groups is 1. The van der Waals surface area contributed by atoms with Gasteiger partial charge in [0.1, 0.15) is 0 Å². The van der Waals surface area contributed by atoms with Crippen LogP contribution in [0.4, 0.5) is 0 Å². The molecule has 21 heavy (non-hydrogen) atoms. The van der Waals surface area contributed by atoms with E-state index in [1.807, 2.05) is 0 Å². The van der Waals surface area contributed by atoms with E-state index in [0.29, 0.717) is 12.0 Å². The smallest absolute Gasteiger partial charge is 0.223 e. The molecule has 1 aliphatic carbocycles. The summed E-state index contributed by atoms with van der Waals surface area (Å²) >= 11 is 0. The minimum Gasteiger partial charge on any atom is -0.353 e. The van der Waals surface area contributed by atoms with Gasteiger partial charge in [-0.3, -0.25) is 4.79 Å². The van der Waals surface area contributed by atoms with Crippen molar-refractivity contribution in [2.45, 2.75) is 72.3 Å². The van der Waals surface area contributed by atoms with E-state index in [-0.39, 0.29) is 17.2 Å². The van der Waals surface area contributed by atoms with Gasteiger partial charge in [0.25, 0.3) is 0 Å². The number of amides is 1. The molecule has 2 aliphatic rings. The van der Waals surface area contributed by atoms with Crippen molar-refractivity contribution in [2.75, 3.05) is 13.1 Å². The second kappa shape index (κ2) is 7.13. The third-order valence-electron chi connectivity index (χ3n) is 5.59. The Hall–Kier alpha value is -0.570. The van der Waals surface area contributed by atoms with Crippen molar-refractivity contribution in [3.05, 3.63) is 0 Å². The zero-order chi connectivity index (χ0) is 15.5. The number of nitrogens with one attached hydrogen (secondary N) is 2. The van der Waals surface area contributed by atoms with Crippen LogP contribution >= 0.6 is 0 Å². The summed E-state index contributed by atoms with van der Waals surface area (Å²) in [7, 11) is 0. The third kappa shape index (κ3) is 4.70. The predicted octanol–water partition coefficient (Wildman–Crippen LogP) is 3.34. The maximum absolute atomic E-state index is 12.5. The fraction of sp³-hybridized carbons (Fsp3) is 0.944. The van der Waals surface area contributed by atoms with E-state index in [1.54, 1.807) is 0 Å². The first kappa shape index (κ1) is 16.8. The van der Waals surface area contributed by atoms with Crippen LogP contribution < -0.4 is 10.6 Å². The van der Waals surface area contributed by atoms with Crippen LogP contribution in [-0.4, -0.2) is 25.0 Å². The zero-order valence-electron chi connectivity index (χ0n) is 14.4. The first-order chi connectivity index (χ1) is 9.88. The number of rotatable bonds is 5. The van der Waals surface area contributed by atoms with Gasteiger partial charge in [-0.1, -0.05) is 59.8 Å². The Kier molecular flexibility index (Phi) is 5.70. The minimum atomic E-state index is 0.141. The lowest BCUT2D eigenvalue weighted by molar-refractivity contribution is -0.128. The Morgan fingerprint density at radius 3 is 2.29 bits per heavy atom. The average molecular weight is 294 g/mol. The van der Waals surface area contributed by atoms with Crippen molar-refractivity contribution in [3.8, 4) is 0 Å². The van der Waals surface area contributed by atoms with E-state index < -0.39 is 0 Å². The maximum atomic E-state index is 12.5. The molecule has 3 nitrogen and oxygen atoms in total. The van der Waals surface area contributed by atoms with Crippen LogP contribution in [-0.2, 0) is 4.79 Å². The number of hydrogen-bond donors (Lipinski definition) is 2. The first-order valence-corrected chi connectivity index (χ1v) is 8.89. The van der Waals surface area contributed by atoms with Gasteiger partial charge in [0.05, 0.1) is 0 Å². The zero-order valence-corrected chi connectivity index (χ0v) is 14.4. The molecule has 0 bridgehead atoms. The monoisotopic (exact) mass is 294 g/mol. The van der Waals surface area contributed by atoms with Crippen molar-refractivity contribution in [2.24, 2.45) is 23.2 Å². The molecule has 0 spiro atoms.